The number of nitrogens with zero attached hydrogens (tertiary/aromatic N) is 1. The van der Waals surface area contributed by atoms with E-state index in [4.69, 9.17) is 9.84 Å². The molecule has 202 valence electrons. The Hall–Kier alpha value is -2.95. The van der Waals surface area contributed by atoms with Crippen LogP contribution in [0.2, 0.25) is 0 Å². The van der Waals surface area contributed by atoms with E-state index in [2.05, 4.69) is 5.32 Å². The maximum atomic E-state index is 13.4. The van der Waals surface area contributed by atoms with E-state index >= 15 is 0 Å². The second kappa shape index (κ2) is 10.4. The van der Waals surface area contributed by atoms with Gasteiger partial charge in [0.05, 0.1) is 28.8 Å². The highest BCUT2D eigenvalue weighted by Gasteiger charge is 2.38. The second-order valence-electron chi connectivity index (χ2n) is 9.82. The first kappa shape index (κ1) is 27.1. The molecule has 2 aliphatic heterocycles. The van der Waals surface area contributed by atoms with Crippen molar-refractivity contribution < 1.29 is 41.0 Å². The molecule has 2 atom stereocenters. The van der Waals surface area contributed by atoms with E-state index in [9.17, 15) is 31.1 Å². The molecule has 0 aromatic heterocycles. The van der Waals surface area contributed by atoms with Gasteiger partial charge in [-0.2, -0.15) is 26.3 Å². The molecule has 0 radical (unpaired) electrons. The van der Waals surface area contributed by atoms with Gasteiger partial charge >= 0.3 is 18.3 Å². The van der Waals surface area contributed by atoms with Gasteiger partial charge in [0, 0.05) is 6.54 Å². The van der Waals surface area contributed by atoms with Crippen molar-refractivity contribution in [3.8, 4) is 5.75 Å². The molecule has 5 nitrogen and oxygen atoms in total. The Morgan fingerprint density at radius 2 is 1.78 bits per heavy atom. The van der Waals surface area contributed by atoms with Crippen molar-refractivity contribution >= 4 is 11.7 Å². The minimum Gasteiger partial charge on any atom is -0.489 e. The molecule has 2 heterocycles. The van der Waals surface area contributed by atoms with Crippen LogP contribution in [-0.2, 0) is 30.1 Å². The Bertz CT molecular complexity index is 1130. The lowest BCUT2D eigenvalue weighted by atomic mass is 9.88. The molecule has 2 N–H and O–H groups in total. The lowest BCUT2D eigenvalue weighted by Gasteiger charge is -2.39. The van der Waals surface area contributed by atoms with E-state index in [1.165, 1.54) is 0 Å². The Morgan fingerprint density at radius 1 is 1.08 bits per heavy atom. The first-order valence-corrected chi connectivity index (χ1v) is 12.1. The lowest BCUT2D eigenvalue weighted by molar-refractivity contribution is -0.142. The van der Waals surface area contributed by atoms with Gasteiger partial charge in [-0.3, -0.25) is 9.69 Å². The molecule has 1 fully saturated rings. The Labute approximate surface area is 210 Å². The number of carboxylic acids is 1. The van der Waals surface area contributed by atoms with Gasteiger partial charge in [-0.05, 0) is 79.7 Å². The number of fused-ring (bicyclic) bond motifs is 1. The van der Waals surface area contributed by atoms with Crippen LogP contribution < -0.4 is 10.1 Å². The van der Waals surface area contributed by atoms with Crippen molar-refractivity contribution in [3.05, 3.63) is 58.7 Å². The van der Waals surface area contributed by atoms with Gasteiger partial charge in [0.1, 0.15) is 12.4 Å². The first-order chi connectivity index (χ1) is 17.3. The average Bonchev–Trinajstić information content (AvgIpc) is 2.82. The summed E-state index contributed by atoms with van der Waals surface area (Å²) in [7, 11) is 0. The number of aliphatic carboxylic acids is 1. The smallest absolute Gasteiger partial charge is 0.416 e. The molecule has 2 aliphatic rings. The topological polar surface area (TPSA) is 61.8 Å². The minimum absolute atomic E-state index is 0.0407. The number of likely N-dealkylation sites (tertiary alicyclic amines) is 1. The van der Waals surface area contributed by atoms with E-state index in [0.29, 0.717) is 62.9 Å². The number of hydrogen-bond acceptors (Lipinski definition) is 4. The number of hydrogen-bond donors (Lipinski definition) is 2. The molecular weight excluding hydrogens is 502 g/mol. The van der Waals surface area contributed by atoms with Gasteiger partial charge in [-0.15, -0.1) is 0 Å². The number of ether oxygens (including phenoxy) is 1. The first-order valence-electron chi connectivity index (χ1n) is 12.1. The Morgan fingerprint density at radius 3 is 2.41 bits per heavy atom. The van der Waals surface area contributed by atoms with Crippen LogP contribution in [0.4, 0.5) is 32.0 Å². The van der Waals surface area contributed by atoms with Gasteiger partial charge in [0.25, 0.3) is 0 Å². The normalized spacial score (nSPS) is 20.0. The SMILES string of the molecule is C[C@@H](Cc1ccc2c(c1)NC(C1CCN(Cc3cc(C(F)(F)F)ccc3C(F)(F)F)CC1)CO2)C(=O)O. The van der Waals surface area contributed by atoms with Gasteiger partial charge in [0.15, 0.2) is 0 Å². The minimum atomic E-state index is -4.74. The third-order valence-electron chi connectivity index (χ3n) is 7.10. The maximum absolute atomic E-state index is 13.4. The number of anilines is 1. The van der Waals surface area contributed by atoms with E-state index in [1.807, 2.05) is 12.1 Å². The summed E-state index contributed by atoms with van der Waals surface area (Å²) < 4.78 is 85.6. The molecule has 1 unspecified atom stereocenters. The van der Waals surface area contributed by atoms with Crippen LogP contribution in [0.25, 0.3) is 0 Å². The van der Waals surface area contributed by atoms with Crippen molar-refractivity contribution in [2.45, 2.75) is 51.1 Å². The summed E-state index contributed by atoms with van der Waals surface area (Å²) in [6, 6.07) is 7.06. The Balaban J connectivity index is 1.39. The summed E-state index contributed by atoms with van der Waals surface area (Å²) in [6.45, 7) is 2.72. The van der Waals surface area contributed by atoms with Crippen LogP contribution >= 0.6 is 0 Å². The van der Waals surface area contributed by atoms with Gasteiger partial charge in [0.2, 0.25) is 0 Å². The molecule has 2 aromatic carbocycles. The van der Waals surface area contributed by atoms with Crippen molar-refractivity contribution in [2.24, 2.45) is 11.8 Å². The third-order valence-corrected chi connectivity index (χ3v) is 7.10. The zero-order valence-corrected chi connectivity index (χ0v) is 20.1. The van der Waals surface area contributed by atoms with Crippen LogP contribution in [0.15, 0.2) is 36.4 Å². The quantitative estimate of drug-likeness (QED) is 0.444. The fourth-order valence-corrected chi connectivity index (χ4v) is 4.99. The molecule has 0 spiro atoms. The number of rotatable bonds is 6. The fraction of sp³-hybridized carbons (Fsp3) is 0.500. The molecule has 0 bridgehead atoms. The molecule has 2 aromatic rings. The van der Waals surface area contributed by atoms with Crippen LogP contribution in [0, 0.1) is 11.8 Å². The molecular formula is C26H28F6N2O3. The largest absolute Gasteiger partial charge is 0.489 e. The molecule has 37 heavy (non-hydrogen) atoms. The van der Waals surface area contributed by atoms with E-state index in [1.54, 1.807) is 17.9 Å². The van der Waals surface area contributed by atoms with Crippen LogP contribution in [-0.4, -0.2) is 41.7 Å². The highest BCUT2D eigenvalue weighted by atomic mass is 19.4. The lowest BCUT2D eigenvalue weighted by Crippen LogP contribution is -2.44. The predicted molar refractivity (Wildman–Crippen MR) is 124 cm³/mol. The van der Waals surface area contributed by atoms with Gasteiger partial charge in [-0.25, -0.2) is 0 Å². The molecule has 4 rings (SSSR count). The molecule has 0 aliphatic carbocycles. The van der Waals surface area contributed by atoms with Crippen molar-refractivity contribution in [2.75, 3.05) is 25.0 Å². The van der Waals surface area contributed by atoms with E-state index in [0.717, 1.165) is 11.3 Å². The van der Waals surface area contributed by atoms with Crippen molar-refractivity contribution in [1.29, 1.82) is 0 Å². The number of benzene rings is 2. The third kappa shape index (κ3) is 6.49. The summed E-state index contributed by atoms with van der Waals surface area (Å²) in [6.07, 6.45) is -7.79. The zero-order chi connectivity index (χ0) is 27.0. The highest BCUT2D eigenvalue weighted by molar-refractivity contribution is 5.70. The summed E-state index contributed by atoms with van der Waals surface area (Å²) in [5, 5.41) is 12.6. The number of piperidine rings is 1. The fourth-order valence-electron chi connectivity index (χ4n) is 4.99. The zero-order valence-electron chi connectivity index (χ0n) is 20.1. The van der Waals surface area contributed by atoms with E-state index < -0.39 is 35.4 Å². The molecule has 1 saturated heterocycles. The molecule has 0 amide bonds. The van der Waals surface area contributed by atoms with Gasteiger partial charge in [-0.1, -0.05) is 13.0 Å². The summed E-state index contributed by atoms with van der Waals surface area (Å²) in [5.74, 6) is -0.573. The number of carbonyl (C=O) groups is 1. The highest BCUT2D eigenvalue weighted by Crippen LogP contribution is 2.38. The van der Waals surface area contributed by atoms with Crippen molar-refractivity contribution in [1.82, 2.24) is 4.90 Å². The van der Waals surface area contributed by atoms with Gasteiger partial charge < -0.3 is 15.2 Å². The summed E-state index contributed by atoms with van der Waals surface area (Å²) in [4.78, 5) is 12.9. The molecule has 11 heteroatoms. The molecule has 0 saturated carbocycles. The van der Waals surface area contributed by atoms with Crippen LogP contribution in [0.5, 0.6) is 5.75 Å². The number of alkyl halides is 6. The average molecular weight is 531 g/mol. The van der Waals surface area contributed by atoms with Crippen LogP contribution in [0.3, 0.4) is 0 Å². The summed E-state index contributed by atoms with van der Waals surface area (Å²) >= 11 is 0. The monoisotopic (exact) mass is 530 g/mol. The van der Waals surface area contributed by atoms with E-state index in [-0.39, 0.29) is 24.1 Å². The summed E-state index contributed by atoms with van der Waals surface area (Å²) in [5.41, 5.74) is -0.884. The standard InChI is InChI=1S/C26H28F6N2O3/c1-15(24(35)36)10-16-2-5-23-21(11-16)33-22(14-37-23)17-6-8-34(9-7-17)13-18-12-19(25(27,28)29)3-4-20(18)26(30,31)32/h2-5,11-12,15,17,22,33H,6-10,13-14H2,1H3,(H,35,36)/t15-,22?/m0/s1. The number of halogens is 6. The van der Waals surface area contributed by atoms with Crippen LogP contribution in [0.1, 0.15) is 42.0 Å². The predicted octanol–water partition coefficient (Wildman–Crippen LogP) is 6.07. The number of carboxylic acid groups (broad SMARTS) is 1. The maximum Gasteiger partial charge on any atom is 0.416 e. The number of nitrogens with one attached hydrogen (secondary N) is 1. The Kier molecular flexibility index (Phi) is 7.64. The second-order valence-corrected chi connectivity index (χ2v) is 9.82. The van der Waals surface area contributed by atoms with Crippen molar-refractivity contribution in [3.63, 3.8) is 0 Å².